The number of amides is 1. The van der Waals surface area contributed by atoms with Gasteiger partial charge in [-0.1, -0.05) is 24.3 Å². The molecule has 128 valence electrons. The Hall–Kier alpha value is -2.33. The molecule has 0 heterocycles. The highest BCUT2D eigenvalue weighted by atomic mass is 16.5. The van der Waals surface area contributed by atoms with Crippen molar-refractivity contribution in [1.82, 2.24) is 5.32 Å². The SMILES string of the molecule is COc1ccccc1CCNCCC(=O)Nc1cc(C)cc(C)c1. The Bertz CT molecular complexity index is 663. The van der Waals surface area contributed by atoms with Crippen molar-refractivity contribution in [3.05, 3.63) is 59.2 Å². The number of aryl methyl sites for hydroxylation is 2. The maximum absolute atomic E-state index is 12.0. The number of rotatable bonds is 8. The van der Waals surface area contributed by atoms with Gasteiger partial charge in [-0.15, -0.1) is 0 Å². The molecule has 2 aromatic carbocycles. The maximum Gasteiger partial charge on any atom is 0.225 e. The Labute approximate surface area is 144 Å². The average molecular weight is 326 g/mol. The number of hydrogen-bond donors (Lipinski definition) is 2. The van der Waals surface area contributed by atoms with Crippen molar-refractivity contribution < 1.29 is 9.53 Å². The molecule has 0 radical (unpaired) electrons. The van der Waals surface area contributed by atoms with Gasteiger partial charge in [-0.2, -0.15) is 0 Å². The van der Waals surface area contributed by atoms with Crippen molar-refractivity contribution in [3.63, 3.8) is 0 Å². The number of benzene rings is 2. The molecule has 0 aromatic heterocycles. The molecular formula is C20H26N2O2. The molecule has 2 N–H and O–H groups in total. The number of ether oxygens (including phenoxy) is 1. The van der Waals surface area contributed by atoms with E-state index in [9.17, 15) is 4.79 Å². The van der Waals surface area contributed by atoms with Crippen molar-refractivity contribution >= 4 is 11.6 Å². The molecule has 0 aliphatic carbocycles. The topological polar surface area (TPSA) is 50.4 Å². The molecule has 2 rings (SSSR count). The van der Waals surface area contributed by atoms with Crippen molar-refractivity contribution in [2.45, 2.75) is 26.7 Å². The largest absolute Gasteiger partial charge is 0.496 e. The first-order valence-corrected chi connectivity index (χ1v) is 8.29. The van der Waals surface area contributed by atoms with E-state index in [0.717, 1.165) is 35.5 Å². The van der Waals surface area contributed by atoms with E-state index in [1.807, 2.05) is 44.2 Å². The highest BCUT2D eigenvalue weighted by Crippen LogP contribution is 2.17. The van der Waals surface area contributed by atoms with Gasteiger partial charge in [0, 0.05) is 18.7 Å². The molecule has 0 atom stereocenters. The molecule has 0 saturated carbocycles. The van der Waals surface area contributed by atoms with Crippen LogP contribution in [0.1, 0.15) is 23.1 Å². The number of para-hydroxylation sites is 1. The van der Waals surface area contributed by atoms with Crippen LogP contribution < -0.4 is 15.4 Å². The third-order valence-electron chi connectivity index (χ3n) is 3.80. The molecule has 0 aliphatic heterocycles. The molecule has 0 aliphatic rings. The summed E-state index contributed by atoms with van der Waals surface area (Å²) in [7, 11) is 1.68. The zero-order valence-electron chi connectivity index (χ0n) is 14.7. The molecule has 4 nitrogen and oxygen atoms in total. The monoisotopic (exact) mass is 326 g/mol. The molecule has 0 unspecified atom stereocenters. The van der Waals surface area contributed by atoms with Crippen LogP contribution in [0.25, 0.3) is 0 Å². The number of nitrogens with one attached hydrogen (secondary N) is 2. The Morgan fingerprint density at radius 1 is 1.04 bits per heavy atom. The number of methoxy groups -OCH3 is 1. The normalized spacial score (nSPS) is 10.5. The van der Waals surface area contributed by atoms with Crippen molar-refractivity contribution in [2.24, 2.45) is 0 Å². The van der Waals surface area contributed by atoms with E-state index in [4.69, 9.17) is 4.74 Å². The highest BCUT2D eigenvalue weighted by Gasteiger charge is 2.04. The van der Waals surface area contributed by atoms with E-state index < -0.39 is 0 Å². The minimum absolute atomic E-state index is 0.0322. The smallest absolute Gasteiger partial charge is 0.225 e. The Kier molecular flexibility index (Phi) is 6.82. The van der Waals surface area contributed by atoms with Crippen LogP contribution in [-0.4, -0.2) is 26.1 Å². The van der Waals surface area contributed by atoms with E-state index in [1.54, 1.807) is 7.11 Å². The standard InChI is InChI=1S/C20H26N2O2/c1-15-12-16(2)14-18(13-15)22-20(23)9-11-21-10-8-17-6-4-5-7-19(17)24-3/h4-7,12-14,21H,8-11H2,1-3H3,(H,22,23). The van der Waals surface area contributed by atoms with Gasteiger partial charge in [0.1, 0.15) is 5.75 Å². The first-order valence-electron chi connectivity index (χ1n) is 8.29. The highest BCUT2D eigenvalue weighted by molar-refractivity contribution is 5.91. The summed E-state index contributed by atoms with van der Waals surface area (Å²) in [6.07, 6.45) is 1.33. The fourth-order valence-electron chi connectivity index (χ4n) is 2.73. The maximum atomic E-state index is 12.0. The number of carbonyl (C=O) groups excluding carboxylic acids is 1. The summed E-state index contributed by atoms with van der Waals surface area (Å²) in [5.74, 6) is 0.941. The lowest BCUT2D eigenvalue weighted by atomic mass is 10.1. The Morgan fingerprint density at radius 2 is 1.75 bits per heavy atom. The summed E-state index contributed by atoms with van der Waals surface area (Å²) in [4.78, 5) is 12.0. The third kappa shape index (κ3) is 5.70. The van der Waals surface area contributed by atoms with E-state index in [-0.39, 0.29) is 5.91 Å². The predicted octanol–water partition coefficient (Wildman–Crippen LogP) is 3.47. The van der Waals surface area contributed by atoms with Crippen LogP contribution in [0.4, 0.5) is 5.69 Å². The predicted molar refractivity (Wildman–Crippen MR) is 98.7 cm³/mol. The van der Waals surface area contributed by atoms with E-state index in [2.05, 4.69) is 22.8 Å². The summed E-state index contributed by atoms with van der Waals surface area (Å²) >= 11 is 0. The van der Waals surface area contributed by atoms with Crippen LogP contribution in [0.5, 0.6) is 5.75 Å². The molecule has 0 bridgehead atoms. The summed E-state index contributed by atoms with van der Waals surface area (Å²) in [5.41, 5.74) is 4.35. The molecule has 0 saturated heterocycles. The van der Waals surface area contributed by atoms with Crippen LogP contribution in [-0.2, 0) is 11.2 Å². The minimum atomic E-state index is 0.0322. The second-order valence-electron chi connectivity index (χ2n) is 5.99. The number of carbonyl (C=O) groups is 1. The summed E-state index contributed by atoms with van der Waals surface area (Å²) in [6.45, 7) is 5.53. The van der Waals surface area contributed by atoms with Crippen LogP contribution in [0.3, 0.4) is 0 Å². The summed E-state index contributed by atoms with van der Waals surface area (Å²) < 4.78 is 5.33. The van der Waals surface area contributed by atoms with Crippen molar-refractivity contribution in [1.29, 1.82) is 0 Å². The van der Waals surface area contributed by atoms with Crippen molar-refractivity contribution in [3.8, 4) is 5.75 Å². The first kappa shape index (κ1) is 18.0. The summed E-state index contributed by atoms with van der Waals surface area (Å²) in [5, 5.41) is 6.26. The number of anilines is 1. The zero-order valence-corrected chi connectivity index (χ0v) is 14.7. The molecule has 1 amide bonds. The van der Waals surface area contributed by atoms with Gasteiger partial charge in [-0.05, 0) is 61.7 Å². The van der Waals surface area contributed by atoms with E-state index in [1.165, 1.54) is 5.56 Å². The van der Waals surface area contributed by atoms with Gasteiger partial charge in [-0.3, -0.25) is 4.79 Å². The van der Waals surface area contributed by atoms with Crippen LogP contribution in [0, 0.1) is 13.8 Å². The molecule has 24 heavy (non-hydrogen) atoms. The Balaban J connectivity index is 1.69. The molecule has 0 fully saturated rings. The second kappa shape index (κ2) is 9.08. The van der Waals surface area contributed by atoms with Crippen LogP contribution in [0.2, 0.25) is 0 Å². The Morgan fingerprint density at radius 3 is 2.46 bits per heavy atom. The van der Waals surface area contributed by atoms with E-state index in [0.29, 0.717) is 13.0 Å². The second-order valence-corrected chi connectivity index (χ2v) is 5.99. The third-order valence-corrected chi connectivity index (χ3v) is 3.80. The quantitative estimate of drug-likeness (QED) is 0.730. The fraction of sp³-hybridized carbons (Fsp3) is 0.350. The lowest BCUT2D eigenvalue weighted by Crippen LogP contribution is -2.23. The van der Waals surface area contributed by atoms with Crippen LogP contribution in [0.15, 0.2) is 42.5 Å². The average Bonchev–Trinajstić information content (AvgIpc) is 2.54. The fourth-order valence-corrected chi connectivity index (χ4v) is 2.73. The van der Waals surface area contributed by atoms with Crippen molar-refractivity contribution in [2.75, 3.05) is 25.5 Å². The lowest BCUT2D eigenvalue weighted by Gasteiger charge is -2.10. The van der Waals surface area contributed by atoms with Gasteiger partial charge >= 0.3 is 0 Å². The van der Waals surface area contributed by atoms with E-state index >= 15 is 0 Å². The zero-order chi connectivity index (χ0) is 17.4. The van der Waals surface area contributed by atoms with Gasteiger partial charge in [0.05, 0.1) is 7.11 Å². The molecule has 0 spiro atoms. The van der Waals surface area contributed by atoms with Gasteiger partial charge < -0.3 is 15.4 Å². The molecule has 2 aromatic rings. The minimum Gasteiger partial charge on any atom is -0.496 e. The van der Waals surface area contributed by atoms with Gasteiger partial charge in [-0.25, -0.2) is 0 Å². The summed E-state index contributed by atoms with van der Waals surface area (Å²) in [6, 6.07) is 14.1. The first-order chi connectivity index (χ1) is 11.6. The van der Waals surface area contributed by atoms with Crippen LogP contribution >= 0.6 is 0 Å². The molecular weight excluding hydrogens is 300 g/mol. The molecule has 4 heteroatoms. The van der Waals surface area contributed by atoms with Gasteiger partial charge in [0.25, 0.3) is 0 Å². The number of hydrogen-bond acceptors (Lipinski definition) is 3. The van der Waals surface area contributed by atoms with Gasteiger partial charge in [0.2, 0.25) is 5.91 Å². The lowest BCUT2D eigenvalue weighted by molar-refractivity contribution is -0.116. The van der Waals surface area contributed by atoms with Gasteiger partial charge in [0.15, 0.2) is 0 Å².